The van der Waals surface area contributed by atoms with Crippen LogP contribution in [0.25, 0.3) is 0 Å². The number of nitro benzene ring substituents is 1. The molecule has 8 nitrogen and oxygen atoms in total. The lowest BCUT2D eigenvalue weighted by Crippen LogP contribution is -2.30. The minimum Gasteiger partial charge on any atom is -0.494 e. The van der Waals surface area contributed by atoms with E-state index in [4.69, 9.17) is 21.1 Å². The van der Waals surface area contributed by atoms with Crippen molar-refractivity contribution in [2.24, 2.45) is 0 Å². The molecule has 0 saturated carbocycles. The SMILES string of the molecule is CCOc1ccc(NC(=O)[C@@H](C)OC(=O)c2ccc([N+](=O)[O-])cc2Cl)cc1. The summed E-state index contributed by atoms with van der Waals surface area (Å²) < 4.78 is 10.4. The number of nitro groups is 1. The number of ether oxygens (including phenoxy) is 2. The van der Waals surface area contributed by atoms with Crippen molar-refractivity contribution in [3.63, 3.8) is 0 Å². The molecule has 9 heteroatoms. The Morgan fingerprint density at radius 1 is 1.22 bits per heavy atom. The number of rotatable bonds is 7. The van der Waals surface area contributed by atoms with Gasteiger partial charge in [-0.25, -0.2) is 4.79 Å². The molecule has 0 radical (unpaired) electrons. The van der Waals surface area contributed by atoms with Gasteiger partial charge in [0.05, 0.1) is 22.1 Å². The van der Waals surface area contributed by atoms with Crippen molar-refractivity contribution in [2.75, 3.05) is 11.9 Å². The number of hydrogen-bond acceptors (Lipinski definition) is 6. The van der Waals surface area contributed by atoms with Crippen LogP contribution >= 0.6 is 11.6 Å². The van der Waals surface area contributed by atoms with Crippen molar-refractivity contribution in [1.82, 2.24) is 0 Å². The number of amides is 1. The van der Waals surface area contributed by atoms with Crippen molar-refractivity contribution >= 4 is 34.9 Å². The highest BCUT2D eigenvalue weighted by molar-refractivity contribution is 6.33. The fourth-order valence-electron chi connectivity index (χ4n) is 2.11. The maximum Gasteiger partial charge on any atom is 0.340 e. The van der Waals surface area contributed by atoms with Gasteiger partial charge in [0.15, 0.2) is 6.10 Å². The standard InChI is InChI=1S/C18H17ClN2O6/c1-3-26-14-7-4-12(5-8-14)20-17(22)11(2)27-18(23)15-9-6-13(21(24)25)10-16(15)19/h4-11H,3H2,1-2H3,(H,20,22)/t11-/m1/s1. The number of carbonyl (C=O) groups is 2. The molecule has 0 aliphatic rings. The van der Waals surface area contributed by atoms with E-state index in [1.54, 1.807) is 24.3 Å². The molecule has 2 aromatic rings. The first kappa shape index (κ1) is 20.2. The Balaban J connectivity index is 1.99. The van der Waals surface area contributed by atoms with Crippen molar-refractivity contribution < 1.29 is 24.0 Å². The lowest BCUT2D eigenvalue weighted by molar-refractivity contribution is -0.384. The summed E-state index contributed by atoms with van der Waals surface area (Å²) >= 11 is 5.88. The molecule has 142 valence electrons. The maximum atomic E-state index is 12.2. The first-order chi connectivity index (χ1) is 12.8. The summed E-state index contributed by atoms with van der Waals surface area (Å²) in [6.07, 6.45) is -1.10. The van der Waals surface area contributed by atoms with E-state index < -0.39 is 22.9 Å². The van der Waals surface area contributed by atoms with Crippen LogP contribution in [0.3, 0.4) is 0 Å². The molecule has 27 heavy (non-hydrogen) atoms. The monoisotopic (exact) mass is 392 g/mol. The minimum absolute atomic E-state index is 0.0667. The Bertz CT molecular complexity index is 853. The molecule has 0 aliphatic carbocycles. The van der Waals surface area contributed by atoms with Gasteiger partial charge in [0.25, 0.3) is 11.6 Å². The molecule has 2 rings (SSSR count). The highest BCUT2D eigenvalue weighted by Gasteiger charge is 2.22. The molecular formula is C18H17ClN2O6. The fourth-order valence-corrected chi connectivity index (χ4v) is 2.36. The van der Waals surface area contributed by atoms with Crippen molar-refractivity contribution in [1.29, 1.82) is 0 Å². The van der Waals surface area contributed by atoms with Crippen LogP contribution < -0.4 is 10.1 Å². The summed E-state index contributed by atoms with van der Waals surface area (Å²) in [4.78, 5) is 34.4. The number of nitrogens with one attached hydrogen (secondary N) is 1. The van der Waals surface area contributed by atoms with E-state index >= 15 is 0 Å². The first-order valence-corrected chi connectivity index (χ1v) is 8.38. The summed E-state index contributed by atoms with van der Waals surface area (Å²) in [7, 11) is 0. The van der Waals surface area contributed by atoms with E-state index in [0.717, 1.165) is 12.1 Å². The lowest BCUT2D eigenvalue weighted by Gasteiger charge is -2.14. The molecule has 0 aliphatic heterocycles. The summed E-state index contributed by atoms with van der Waals surface area (Å²) in [6, 6.07) is 10.1. The van der Waals surface area contributed by atoms with Crippen LogP contribution in [0.1, 0.15) is 24.2 Å². The summed E-state index contributed by atoms with van der Waals surface area (Å²) in [5.41, 5.74) is 0.195. The van der Waals surface area contributed by atoms with Crippen molar-refractivity contribution in [3.8, 4) is 5.75 Å². The number of nitrogens with zero attached hydrogens (tertiary/aromatic N) is 1. The molecule has 0 fully saturated rings. The Kier molecular flexibility index (Phi) is 6.73. The average Bonchev–Trinajstić information content (AvgIpc) is 2.63. The topological polar surface area (TPSA) is 108 Å². The number of hydrogen-bond donors (Lipinski definition) is 1. The fraction of sp³-hybridized carbons (Fsp3) is 0.222. The predicted molar refractivity (Wildman–Crippen MR) is 99.2 cm³/mol. The minimum atomic E-state index is -1.10. The zero-order chi connectivity index (χ0) is 20.0. The van der Waals surface area contributed by atoms with Crippen LogP contribution in [0.5, 0.6) is 5.75 Å². The maximum absolute atomic E-state index is 12.2. The molecule has 0 spiro atoms. The number of non-ortho nitro benzene ring substituents is 1. The third kappa shape index (κ3) is 5.42. The van der Waals surface area contributed by atoms with E-state index in [9.17, 15) is 19.7 Å². The zero-order valence-corrected chi connectivity index (χ0v) is 15.4. The molecule has 1 atom stereocenters. The van der Waals surface area contributed by atoms with Gasteiger partial charge in [-0.05, 0) is 44.2 Å². The molecular weight excluding hydrogens is 376 g/mol. The molecule has 0 heterocycles. The summed E-state index contributed by atoms with van der Waals surface area (Å²) in [5, 5.41) is 13.2. The van der Waals surface area contributed by atoms with Crippen molar-refractivity contribution in [3.05, 3.63) is 63.2 Å². The second-order valence-electron chi connectivity index (χ2n) is 5.42. The molecule has 2 aromatic carbocycles. The Morgan fingerprint density at radius 2 is 1.89 bits per heavy atom. The first-order valence-electron chi connectivity index (χ1n) is 8.00. The number of halogens is 1. The van der Waals surface area contributed by atoms with Gasteiger partial charge in [-0.3, -0.25) is 14.9 Å². The highest BCUT2D eigenvalue weighted by atomic mass is 35.5. The Morgan fingerprint density at radius 3 is 2.44 bits per heavy atom. The van der Waals surface area contributed by atoms with Gasteiger partial charge in [0, 0.05) is 17.8 Å². The second-order valence-corrected chi connectivity index (χ2v) is 5.82. The summed E-state index contributed by atoms with van der Waals surface area (Å²) in [6.45, 7) is 3.80. The van der Waals surface area contributed by atoms with E-state index in [2.05, 4.69) is 5.32 Å². The lowest BCUT2D eigenvalue weighted by atomic mass is 10.2. The normalized spacial score (nSPS) is 11.4. The van der Waals surface area contributed by atoms with Crippen LogP contribution in [0.15, 0.2) is 42.5 Å². The third-order valence-corrected chi connectivity index (χ3v) is 3.78. The number of esters is 1. The van der Waals surface area contributed by atoms with E-state index in [-0.39, 0.29) is 16.3 Å². The van der Waals surface area contributed by atoms with Gasteiger partial charge in [-0.1, -0.05) is 11.6 Å². The molecule has 0 bridgehead atoms. The van der Waals surface area contributed by atoms with Crippen LogP contribution in [-0.4, -0.2) is 29.5 Å². The van der Waals surface area contributed by atoms with E-state index in [1.165, 1.54) is 13.0 Å². The van der Waals surface area contributed by atoms with Crippen LogP contribution in [0.2, 0.25) is 5.02 Å². The van der Waals surface area contributed by atoms with E-state index in [1.807, 2.05) is 6.92 Å². The van der Waals surface area contributed by atoms with Crippen LogP contribution in [-0.2, 0) is 9.53 Å². The van der Waals surface area contributed by atoms with Crippen LogP contribution in [0.4, 0.5) is 11.4 Å². The zero-order valence-electron chi connectivity index (χ0n) is 14.6. The highest BCUT2D eigenvalue weighted by Crippen LogP contribution is 2.23. The summed E-state index contributed by atoms with van der Waals surface area (Å²) in [5.74, 6) is -0.724. The number of anilines is 1. The molecule has 1 N–H and O–H groups in total. The van der Waals surface area contributed by atoms with Gasteiger partial charge in [0.1, 0.15) is 5.75 Å². The second kappa shape index (κ2) is 9.00. The predicted octanol–water partition coefficient (Wildman–Crippen LogP) is 3.83. The molecule has 0 saturated heterocycles. The van der Waals surface area contributed by atoms with Gasteiger partial charge < -0.3 is 14.8 Å². The molecule has 0 aromatic heterocycles. The van der Waals surface area contributed by atoms with Gasteiger partial charge in [0.2, 0.25) is 0 Å². The van der Waals surface area contributed by atoms with Gasteiger partial charge in [-0.15, -0.1) is 0 Å². The van der Waals surface area contributed by atoms with E-state index in [0.29, 0.717) is 18.0 Å². The molecule has 0 unspecified atom stereocenters. The Labute approximate surface area is 160 Å². The molecule has 1 amide bonds. The number of carbonyl (C=O) groups excluding carboxylic acids is 2. The number of benzene rings is 2. The smallest absolute Gasteiger partial charge is 0.340 e. The average molecular weight is 393 g/mol. The Hall–Kier alpha value is -3.13. The van der Waals surface area contributed by atoms with Gasteiger partial charge >= 0.3 is 5.97 Å². The quantitative estimate of drug-likeness (QED) is 0.436. The van der Waals surface area contributed by atoms with Gasteiger partial charge in [-0.2, -0.15) is 0 Å². The van der Waals surface area contributed by atoms with Crippen LogP contribution in [0, 0.1) is 10.1 Å². The van der Waals surface area contributed by atoms with Crippen molar-refractivity contribution in [2.45, 2.75) is 20.0 Å². The third-order valence-electron chi connectivity index (χ3n) is 3.47. The largest absolute Gasteiger partial charge is 0.494 e.